The van der Waals surface area contributed by atoms with Crippen LogP contribution in [0.2, 0.25) is 0 Å². The van der Waals surface area contributed by atoms with E-state index in [9.17, 15) is 13.2 Å². The molecule has 1 saturated carbocycles. The van der Waals surface area contributed by atoms with Gasteiger partial charge in [-0.2, -0.15) is 0 Å². The Hall–Kier alpha value is -0.290. The molecule has 0 heterocycles. The van der Waals surface area contributed by atoms with E-state index in [2.05, 4.69) is 4.74 Å². The fourth-order valence-corrected chi connectivity index (χ4v) is 1.48. The van der Waals surface area contributed by atoms with Crippen molar-refractivity contribution in [2.24, 2.45) is 5.73 Å². The number of rotatable bonds is 1. The minimum Gasteiger partial charge on any atom is -0.328 e. The van der Waals surface area contributed by atoms with E-state index in [0.717, 1.165) is 12.8 Å². The highest BCUT2D eigenvalue weighted by Crippen LogP contribution is 2.27. The molecule has 72 valence electrons. The Balaban J connectivity index is 2.32. The molecule has 2 nitrogen and oxygen atoms in total. The summed E-state index contributed by atoms with van der Waals surface area (Å²) in [5, 5.41) is 0. The van der Waals surface area contributed by atoms with E-state index in [1.54, 1.807) is 0 Å². The zero-order valence-corrected chi connectivity index (χ0v) is 6.60. The normalized spacial score (nSPS) is 32.0. The fourth-order valence-electron chi connectivity index (χ4n) is 1.48. The Morgan fingerprint density at radius 2 is 1.92 bits per heavy atom. The van der Waals surface area contributed by atoms with Gasteiger partial charge in [0.2, 0.25) is 0 Å². The molecule has 0 unspecified atom stereocenters. The van der Waals surface area contributed by atoms with Crippen molar-refractivity contribution in [1.29, 1.82) is 0 Å². The minimum absolute atomic E-state index is 0.133. The quantitative estimate of drug-likeness (QED) is 0.672. The highest BCUT2D eigenvalue weighted by atomic mass is 19.4. The molecule has 1 fully saturated rings. The van der Waals surface area contributed by atoms with Gasteiger partial charge in [-0.3, -0.25) is 4.74 Å². The summed E-state index contributed by atoms with van der Waals surface area (Å²) < 4.78 is 39.0. The Labute approximate surface area is 68.9 Å². The summed E-state index contributed by atoms with van der Waals surface area (Å²) in [4.78, 5) is 0. The van der Waals surface area contributed by atoms with Gasteiger partial charge >= 0.3 is 6.36 Å². The molecule has 0 aliphatic heterocycles. The molecule has 0 spiro atoms. The molecule has 1 aliphatic carbocycles. The summed E-state index contributed by atoms with van der Waals surface area (Å²) in [5.41, 5.74) is 5.50. The van der Waals surface area contributed by atoms with E-state index in [1.165, 1.54) is 0 Å². The van der Waals surface area contributed by atoms with Crippen LogP contribution in [0.25, 0.3) is 0 Å². The van der Waals surface area contributed by atoms with E-state index >= 15 is 0 Å². The maximum Gasteiger partial charge on any atom is 0.522 e. The maximum absolute atomic E-state index is 11.7. The third-order valence-electron chi connectivity index (χ3n) is 1.97. The SMILES string of the molecule is N[C@@H]1CCC[C@@H](OC(F)(F)F)C1. The van der Waals surface area contributed by atoms with Gasteiger partial charge in [0.25, 0.3) is 0 Å². The van der Waals surface area contributed by atoms with Crippen molar-refractivity contribution in [2.45, 2.75) is 44.2 Å². The van der Waals surface area contributed by atoms with Crippen molar-refractivity contribution in [2.75, 3.05) is 0 Å². The predicted octanol–water partition coefficient (Wildman–Crippen LogP) is 1.79. The molecule has 0 bridgehead atoms. The molecule has 2 atom stereocenters. The zero-order chi connectivity index (χ0) is 9.19. The van der Waals surface area contributed by atoms with Gasteiger partial charge in [-0.25, -0.2) is 0 Å². The lowest BCUT2D eigenvalue weighted by Gasteiger charge is -2.27. The van der Waals surface area contributed by atoms with E-state index < -0.39 is 12.5 Å². The first-order valence-electron chi connectivity index (χ1n) is 3.97. The molecule has 2 N–H and O–H groups in total. The van der Waals surface area contributed by atoms with Gasteiger partial charge < -0.3 is 5.73 Å². The van der Waals surface area contributed by atoms with E-state index in [-0.39, 0.29) is 6.04 Å². The Morgan fingerprint density at radius 3 is 2.42 bits per heavy atom. The van der Waals surface area contributed by atoms with Crippen molar-refractivity contribution in [3.8, 4) is 0 Å². The third kappa shape index (κ3) is 3.40. The molecule has 0 saturated heterocycles. The van der Waals surface area contributed by atoms with Crippen molar-refractivity contribution in [1.82, 2.24) is 0 Å². The highest BCUT2D eigenvalue weighted by Gasteiger charge is 2.35. The molecule has 0 aromatic rings. The first kappa shape index (κ1) is 9.80. The van der Waals surface area contributed by atoms with Crippen molar-refractivity contribution in [3.05, 3.63) is 0 Å². The van der Waals surface area contributed by atoms with Gasteiger partial charge in [-0.15, -0.1) is 13.2 Å². The second kappa shape index (κ2) is 3.62. The number of alkyl halides is 3. The van der Waals surface area contributed by atoms with Gasteiger partial charge in [-0.05, 0) is 25.7 Å². The fraction of sp³-hybridized carbons (Fsp3) is 1.00. The monoisotopic (exact) mass is 183 g/mol. The van der Waals surface area contributed by atoms with E-state index in [4.69, 9.17) is 5.73 Å². The van der Waals surface area contributed by atoms with Gasteiger partial charge in [0.05, 0.1) is 6.10 Å². The molecule has 0 amide bonds. The lowest BCUT2D eigenvalue weighted by atomic mass is 9.94. The first-order chi connectivity index (χ1) is 5.47. The number of nitrogens with two attached hydrogens (primary N) is 1. The predicted molar refractivity (Wildman–Crippen MR) is 37.4 cm³/mol. The Kier molecular flexibility index (Phi) is 2.95. The summed E-state index contributed by atoms with van der Waals surface area (Å²) in [6.45, 7) is 0. The zero-order valence-electron chi connectivity index (χ0n) is 6.60. The van der Waals surface area contributed by atoms with Gasteiger partial charge in [0, 0.05) is 6.04 Å². The number of hydrogen-bond donors (Lipinski definition) is 1. The molecule has 0 radical (unpaired) electrons. The van der Waals surface area contributed by atoms with Crippen LogP contribution in [0.1, 0.15) is 25.7 Å². The van der Waals surface area contributed by atoms with Crippen LogP contribution >= 0.6 is 0 Å². The lowest BCUT2D eigenvalue weighted by Crippen LogP contribution is -2.35. The first-order valence-corrected chi connectivity index (χ1v) is 3.97. The molecule has 1 rings (SSSR count). The average molecular weight is 183 g/mol. The second-order valence-electron chi connectivity index (χ2n) is 3.11. The van der Waals surface area contributed by atoms with Gasteiger partial charge in [0.15, 0.2) is 0 Å². The van der Waals surface area contributed by atoms with Gasteiger partial charge in [-0.1, -0.05) is 0 Å². The van der Waals surface area contributed by atoms with Crippen LogP contribution < -0.4 is 5.73 Å². The summed E-state index contributed by atoms with van der Waals surface area (Å²) in [7, 11) is 0. The smallest absolute Gasteiger partial charge is 0.328 e. The Bertz CT molecular complexity index is 148. The highest BCUT2D eigenvalue weighted by molar-refractivity contribution is 4.75. The van der Waals surface area contributed by atoms with Crippen LogP contribution in [-0.4, -0.2) is 18.5 Å². The topological polar surface area (TPSA) is 35.2 Å². The van der Waals surface area contributed by atoms with Crippen molar-refractivity contribution < 1.29 is 17.9 Å². The third-order valence-corrected chi connectivity index (χ3v) is 1.97. The van der Waals surface area contributed by atoms with E-state index in [1.807, 2.05) is 0 Å². The summed E-state index contributed by atoms with van der Waals surface area (Å²) >= 11 is 0. The standard InChI is InChI=1S/C7H12F3NO/c8-7(9,10)12-6-3-1-2-5(11)4-6/h5-6H,1-4,11H2/t5-,6-/m1/s1. The molecule has 1 aliphatic rings. The maximum atomic E-state index is 11.7. The lowest BCUT2D eigenvalue weighted by molar-refractivity contribution is -0.345. The molecule has 5 heteroatoms. The van der Waals surface area contributed by atoms with Crippen LogP contribution in [0, 0.1) is 0 Å². The van der Waals surface area contributed by atoms with Crippen LogP contribution in [0.4, 0.5) is 13.2 Å². The van der Waals surface area contributed by atoms with E-state index in [0.29, 0.717) is 12.8 Å². The summed E-state index contributed by atoms with van der Waals surface area (Å²) in [5.74, 6) is 0. The number of ether oxygens (including phenoxy) is 1. The van der Waals surface area contributed by atoms with Crippen LogP contribution in [0.5, 0.6) is 0 Å². The minimum atomic E-state index is -4.51. The van der Waals surface area contributed by atoms with Crippen LogP contribution in [0.3, 0.4) is 0 Å². The number of halogens is 3. The van der Waals surface area contributed by atoms with Crippen LogP contribution in [0.15, 0.2) is 0 Å². The molecule has 0 aromatic heterocycles. The van der Waals surface area contributed by atoms with Gasteiger partial charge in [0.1, 0.15) is 0 Å². The second-order valence-corrected chi connectivity index (χ2v) is 3.11. The summed E-state index contributed by atoms with van der Waals surface area (Å²) in [6, 6.07) is -0.133. The molecular formula is C7H12F3NO. The Morgan fingerprint density at radius 1 is 1.25 bits per heavy atom. The summed E-state index contributed by atoms with van der Waals surface area (Å²) in [6.07, 6.45) is -2.93. The van der Waals surface area contributed by atoms with Crippen LogP contribution in [-0.2, 0) is 4.74 Å². The largest absolute Gasteiger partial charge is 0.522 e. The molecular weight excluding hydrogens is 171 g/mol. The average Bonchev–Trinajstić information content (AvgIpc) is 1.82. The molecule has 12 heavy (non-hydrogen) atoms. The van der Waals surface area contributed by atoms with Crippen molar-refractivity contribution in [3.63, 3.8) is 0 Å². The van der Waals surface area contributed by atoms with Crippen molar-refractivity contribution >= 4 is 0 Å². The molecule has 0 aromatic carbocycles. The number of hydrogen-bond acceptors (Lipinski definition) is 2.